The molecule has 2 amide bonds. The van der Waals surface area contributed by atoms with Crippen LogP contribution in [0.15, 0.2) is 30.7 Å². The lowest BCUT2D eigenvalue weighted by atomic mass is 10.0. The number of nitrogens with zero attached hydrogens (tertiary/aromatic N) is 4. The molecule has 2 aromatic rings. The van der Waals surface area contributed by atoms with Crippen molar-refractivity contribution in [3.8, 4) is 11.3 Å². The lowest BCUT2D eigenvalue weighted by molar-refractivity contribution is 0.132. The summed E-state index contributed by atoms with van der Waals surface area (Å²) in [6.45, 7) is 6.75. The SMILES string of the molecule is CCC(NC(=O)N(CC)C1CCN(C)CC1)c1ccc(-c2cnccn2)c(Cl)c1Cl. The van der Waals surface area contributed by atoms with Gasteiger partial charge in [-0.1, -0.05) is 42.3 Å². The van der Waals surface area contributed by atoms with Crippen LogP contribution >= 0.6 is 23.2 Å². The van der Waals surface area contributed by atoms with Gasteiger partial charge >= 0.3 is 6.03 Å². The fourth-order valence-corrected chi connectivity index (χ4v) is 4.54. The molecule has 1 aliphatic heterocycles. The summed E-state index contributed by atoms with van der Waals surface area (Å²) in [6.07, 6.45) is 7.57. The van der Waals surface area contributed by atoms with Crippen LogP contribution in [0.3, 0.4) is 0 Å². The van der Waals surface area contributed by atoms with E-state index in [-0.39, 0.29) is 18.1 Å². The van der Waals surface area contributed by atoms with Crippen LogP contribution in [0.25, 0.3) is 11.3 Å². The number of aromatic nitrogens is 2. The van der Waals surface area contributed by atoms with Crippen LogP contribution in [0.1, 0.15) is 44.7 Å². The van der Waals surface area contributed by atoms with Crippen molar-refractivity contribution in [1.82, 2.24) is 25.1 Å². The van der Waals surface area contributed by atoms with Crippen LogP contribution in [-0.2, 0) is 0 Å². The maximum atomic E-state index is 13.1. The number of halogens is 2. The summed E-state index contributed by atoms with van der Waals surface area (Å²) >= 11 is 13.2. The van der Waals surface area contributed by atoms with Gasteiger partial charge in [-0.05, 0) is 51.9 Å². The highest BCUT2D eigenvalue weighted by Gasteiger charge is 2.28. The lowest BCUT2D eigenvalue weighted by Gasteiger charge is -2.37. The van der Waals surface area contributed by atoms with Crippen molar-refractivity contribution in [2.45, 2.75) is 45.2 Å². The molecule has 0 radical (unpaired) electrons. The summed E-state index contributed by atoms with van der Waals surface area (Å²) in [6, 6.07) is 3.79. The van der Waals surface area contributed by atoms with Crippen LogP contribution in [0.2, 0.25) is 10.0 Å². The second kappa shape index (κ2) is 10.4. The molecule has 1 aromatic heterocycles. The van der Waals surface area contributed by atoms with Crippen molar-refractivity contribution in [3.05, 3.63) is 46.3 Å². The van der Waals surface area contributed by atoms with E-state index in [2.05, 4.69) is 27.2 Å². The Labute approximate surface area is 188 Å². The van der Waals surface area contributed by atoms with Gasteiger partial charge in [0.15, 0.2) is 0 Å². The Hall–Kier alpha value is -1.89. The molecule has 0 saturated carbocycles. The topological polar surface area (TPSA) is 61.4 Å². The van der Waals surface area contributed by atoms with Crippen molar-refractivity contribution >= 4 is 29.2 Å². The van der Waals surface area contributed by atoms with Gasteiger partial charge in [0.25, 0.3) is 0 Å². The average Bonchev–Trinajstić information content (AvgIpc) is 2.76. The third-order valence-electron chi connectivity index (χ3n) is 5.76. The molecule has 1 N–H and O–H groups in total. The first-order valence-corrected chi connectivity index (χ1v) is 11.2. The van der Waals surface area contributed by atoms with Gasteiger partial charge in [0.1, 0.15) is 0 Å². The molecule has 30 heavy (non-hydrogen) atoms. The minimum atomic E-state index is -0.223. The van der Waals surface area contributed by atoms with E-state index in [1.165, 1.54) is 0 Å². The summed E-state index contributed by atoms with van der Waals surface area (Å²) in [5, 5.41) is 4.03. The predicted octanol–water partition coefficient (Wildman–Crippen LogP) is 5.03. The fraction of sp³-hybridized carbons (Fsp3) is 0.500. The number of carbonyl (C=O) groups excluding carboxylic acids is 1. The minimum Gasteiger partial charge on any atom is -0.331 e. The van der Waals surface area contributed by atoms with Crippen molar-refractivity contribution in [2.75, 3.05) is 26.7 Å². The van der Waals surface area contributed by atoms with E-state index in [1.807, 2.05) is 30.9 Å². The molecule has 1 aliphatic rings. The van der Waals surface area contributed by atoms with E-state index < -0.39 is 0 Å². The standard InChI is InChI=1S/C22H29Cl2N5O/c1-4-18(27-22(30)29(5-2)15-8-12-28(3)13-9-15)16-6-7-17(21(24)20(16)23)19-14-25-10-11-26-19/h6-7,10-11,14-15,18H,4-5,8-9,12-13H2,1-3H3,(H,27,30). The van der Waals surface area contributed by atoms with Gasteiger partial charge in [-0.25, -0.2) is 4.79 Å². The fourth-order valence-electron chi connectivity index (χ4n) is 3.98. The molecule has 6 nitrogen and oxygen atoms in total. The zero-order valence-corrected chi connectivity index (χ0v) is 19.2. The zero-order chi connectivity index (χ0) is 21.7. The first-order valence-electron chi connectivity index (χ1n) is 10.5. The Morgan fingerprint density at radius 3 is 2.57 bits per heavy atom. The number of amides is 2. The van der Waals surface area contributed by atoms with Crippen LogP contribution in [0.4, 0.5) is 4.79 Å². The van der Waals surface area contributed by atoms with Crippen molar-refractivity contribution in [2.24, 2.45) is 0 Å². The normalized spacial score (nSPS) is 16.3. The molecular weight excluding hydrogens is 421 g/mol. The third-order valence-corrected chi connectivity index (χ3v) is 6.66. The van der Waals surface area contributed by atoms with Gasteiger partial charge in [0.05, 0.1) is 28.0 Å². The van der Waals surface area contributed by atoms with Crippen LogP contribution in [0.5, 0.6) is 0 Å². The smallest absolute Gasteiger partial charge is 0.318 e. The molecule has 1 saturated heterocycles. The van der Waals surface area contributed by atoms with E-state index in [0.717, 1.165) is 37.1 Å². The Bertz CT molecular complexity index is 856. The highest BCUT2D eigenvalue weighted by molar-refractivity contribution is 6.44. The van der Waals surface area contributed by atoms with Gasteiger partial charge in [0.2, 0.25) is 0 Å². The summed E-state index contributed by atoms with van der Waals surface area (Å²) in [7, 11) is 2.12. The summed E-state index contributed by atoms with van der Waals surface area (Å²) in [4.78, 5) is 25.7. The first-order chi connectivity index (χ1) is 14.5. The largest absolute Gasteiger partial charge is 0.331 e. The molecule has 162 valence electrons. The number of nitrogens with one attached hydrogen (secondary N) is 1. The molecule has 0 bridgehead atoms. The highest BCUT2D eigenvalue weighted by Crippen LogP contribution is 2.38. The molecule has 3 rings (SSSR count). The van der Waals surface area contributed by atoms with Gasteiger partial charge < -0.3 is 15.1 Å². The van der Waals surface area contributed by atoms with Crippen molar-refractivity contribution < 1.29 is 4.79 Å². The number of urea groups is 1. The lowest BCUT2D eigenvalue weighted by Crippen LogP contribution is -2.50. The molecular formula is C22H29Cl2N5O. The Morgan fingerprint density at radius 2 is 1.97 bits per heavy atom. The number of piperidine rings is 1. The second-order valence-corrected chi connectivity index (χ2v) is 8.41. The number of hydrogen-bond donors (Lipinski definition) is 1. The molecule has 0 spiro atoms. The maximum absolute atomic E-state index is 13.1. The van der Waals surface area contributed by atoms with Crippen molar-refractivity contribution in [1.29, 1.82) is 0 Å². The van der Waals surface area contributed by atoms with Gasteiger partial charge in [-0.3, -0.25) is 9.97 Å². The third kappa shape index (κ3) is 5.05. The number of carbonyl (C=O) groups is 1. The first kappa shape index (κ1) is 22.8. The molecule has 1 unspecified atom stereocenters. The van der Waals surface area contributed by atoms with Gasteiger partial charge in [-0.15, -0.1) is 0 Å². The van der Waals surface area contributed by atoms with Crippen LogP contribution in [0, 0.1) is 0 Å². The van der Waals surface area contributed by atoms with E-state index in [4.69, 9.17) is 23.2 Å². The van der Waals surface area contributed by atoms with Crippen LogP contribution in [-0.4, -0.2) is 58.5 Å². The number of likely N-dealkylation sites (tertiary alicyclic amines) is 1. The van der Waals surface area contributed by atoms with Crippen LogP contribution < -0.4 is 5.32 Å². The predicted molar refractivity (Wildman–Crippen MR) is 122 cm³/mol. The number of benzene rings is 1. The Balaban J connectivity index is 1.78. The molecule has 1 atom stereocenters. The van der Waals surface area contributed by atoms with Crippen molar-refractivity contribution in [3.63, 3.8) is 0 Å². The minimum absolute atomic E-state index is 0.0518. The average molecular weight is 450 g/mol. The number of hydrogen-bond acceptors (Lipinski definition) is 4. The van der Waals surface area contributed by atoms with E-state index >= 15 is 0 Å². The quantitative estimate of drug-likeness (QED) is 0.671. The summed E-state index contributed by atoms with van der Waals surface area (Å²) < 4.78 is 0. The molecule has 8 heteroatoms. The monoisotopic (exact) mass is 449 g/mol. The Kier molecular flexibility index (Phi) is 7.92. The highest BCUT2D eigenvalue weighted by atomic mass is 35.5. The number of rotatable bonds is 6. The maximum Gasteiger partial charge on any atom is 0.318 e. The van der Waals surface area contributed by atoms with Gasteiger partial charge in [0, 0.05) is 30.5 Å². The van der Waals surface area contributed by atoms with E-state index in [9.17, 15) is 4.79 Å². The Morgan fingerprint density at radius 1 is 1.23 bits per heavy atom. The second-order valence-electron chi connectivity index (χ2n) is 7.65. The molecule has 1 fully saturated rings. The zero-order valence-electron chi connectivity index (χ0n) is 17.7. The van der Waals surface area contributed by atoms with Gasteiger partial charge in [-0.2, -0.15) is 0 Å². The summed E-state index contributed by atoms with van der Waals surface area (Å²) in [5.41, 5.74) is 2.19. The summed E-state index contributed by atoms with van der Waals surface area (Å²) in [5.74, 6) is 0. The molecule has 1 aromatic carbocycles. The molecule has 2 heterocycles. The van der Waals surface area contributed by atoms with E-state index in [0.29, 0.717) is 28.7 Å². The van der Waals surface area contributed by atoms with E-state index in [1.54, 1.807) is 18.6 Å². The molecule has 0 aliphatic carbocycles.